The molecule has 0 aliphatic rings. The topological polar surface area (TPSA) is 47.8 Å². The summed E-state index contributed by atoms with van der Waals surface area (Å²) in [6, 6.07) is 7.79. The zero-order chi connectivity index (χ0) is 9.97. The second kappa shape index (κ2) is 3.41. The van der Waals surface area contributed by atoms with Crippen molar-refractivity contribution in [2.45, 2.75) is 6.92 Å². The molecule has 0 N–H and O–H groups in total. The second-order valence-corrected chi connectivity index (χ2v) is 2.95. The van der Waals surface area contributed by atoms with Gasteiger partial charge in [-0.25, -0.2) is 9.67 Å². The van der Waals surface area contributed by atoms with Gasteiger partial charge in [-0.1, -0.05) is 18.2 Å². The van der Waals surface area contributed by atoms with E-state index < -0.39 is 0 Å². The first kappa shape index (κ1) is 8.62. The summed E-state index contributed by atoms with van der Waals surface area (Å²) in [4.78, 5) is 14.2. The van der Waals surface area contributed by atoms with E-state index >= 15 is 0 Å². The average Bonchev–Trinajstić information content (AvgIpc) is 2.67. The van der Waals surface area contributed by atoms with Gasteiger partial charge in [0.2, 0.25) is 5.82 Å². The number of nitrogens with zero attached hydrogens (tertiary/aromatic N) is 3. The maximum Gasteiger partial charge on any atom is 0.214 e. The van der Waals surface area contributed by atoms with Gasteiger partial charge in [0.25, 0.3) is 0 Å². The number of para-hydroxylation sites is 1. The summed E-state index contributed by atoms with van der Waals surface area (Å²) in [6.07, 6.45) is 2.17. The Balaban J connectivity index is 2.49. The molecule has 0 radical (unpaired) electrons. The molecule has 0 spiro atoms. The largest absolute Gasteiger partial charge is 0.294 e. The minimum Gasteiger partial charge on any atom is -0.294 e. The first-order valence-corrected chi connectivity index (χ1v) is 4.24. The Labute approximate surface area is 81.2 Å². The molecule has 0 aliphatic carbocycles. The van der Waals surface area contributed by atoms with Gasteiger partial charge in [-0.05, 0) is 18.6 Å². The maximum absolute atomic E-state index is 10.4. The first-order valence-electron chi connectivity index (χ1n) is 4.24. The van der Waals surface area contributed by atoms with E-state index in [1.165, 1.54) is 6.33 Å². The Morgan fingerprint density at radius 3 is 2.79 bits per heavy atom. The van der Waals surface area contributed by atoms with Gasteiger partial charge in [-0.3, -0.25) is 4.79 Å². The Bertz CT molecular complexity index is 462. The summed E-state index contributed by atoms with van der Waals surface area (Å²) in [5, 5.41) is 4.00. The van der Waals surface area contributed by atoms with Gasteiger partial charge in [0.1, 0.15) is 6.33 Å². The van der Waals surface area contributed by atoms with Crippen LogP contribution in [0, 0.1) is 6.92 Å². The lowest BCUT2D eigenvalue weighted by Gasteiger charge is -2.02. The molecule has 4 heteroatoms. The predicted molar refractivity (Wildman–Crippen MR) is 51.5 cm³/mol. The zero-order valence-corrected chi connectivity index (χ0v) is 7.71. The number of carbonyl (C=O) groups excluding carboxylic acids is 1. The Morgan fingerprint density at radius 2 is 2.14 bits per heavy atom. The average molecular weight is 187 g/mol. The van der Waals surface area contributed by atoms with Crippen molar-refractivity contribution in [1.82, 2.24) is 14.8 Å². The standard InChI is InChI=1S/C10H9N3O/c1-8-4-2-3-5-9(8)13-7-11-10(6-14)12-13/h2-7H,1H3. The highest BCUT2D eigenvalue weighted by molar-refractivity contribution is 5.68. The number of aryl methyl sites for hydroxylation is 1. The molecule has 1 aromatic carbocycles. The number of aldehydes is 1. The monoisotopic (exact) mass is 187 g/mol. The van der Waals surface area contributed by atoms with E-state index in [4.69, 9.17) is 0 Å². The fourth-order valence-corrected chi connectivity index (χ4v) is 1.27. The van der Waals surface area contributed by atoms with E-state index in [2.05, 4.69) is 10.1 Å². The van der Waals surface area contributed by atoms with Crippen molar-refractivity contribution in [2.75, 3.05) is 0 Å². The van der Waals surface area contributed by atoms with Crippen LogP contribution in [0.2, 0.25) is 0 Å². The van der Waals surface area contributed by atoms with Crippen molar-refractivity contribution in [3.8, 4) is 5.69 Å². The van der Waals surface area contributed by atoms with Crippen LogP contribution >= 0.6 is 0 Å². The second-order valence-electron chi connectivity index (χ2n) is 2.95. The number of rotatable bonds is 2. The SMILES string of the molecule is Cc1ccccc1-n1cnc(C=O)n1. The summed E-state index contributed by atoms with van der Waals surface area (Å²) < 4.78 is 1.60. The fraction of sp³-hybridized carbons (Fsp3) is 0.100. The molecule has 0 amide bonds. The number of carbonyl (C=O) groups is 1. The van der Waals surface area contributed by atoms with E-state index in [0.29, 0.717) is 6.29 Å². The normalized spacial score (nSPS) is 10.1. The van der Waals surface area contributed by atoms with Crippen LogP contribution < -0.4 is 0 Å². The van der Waals surface area contributed by atoms with Crippen LogP contribution in [0.1, 0.15) is 16.2 Å². The number of benzene rings is 1. The summed E-state index contributed by atoms with van der Waals surface area (Å²) in [5.74, 6) is 0.202. The van der Waals surface area contributed by atoms with Gasteiger partial charge in [0, 0.05) is 0 Å². The molecule has 1 heterocycles. The number of aromatic nitrogens is 3. The highest BCUT2D eigenvalue weighted by Crippen LogP contribution is 2.10. The minimum absolute atomic E-state index is 0.202. The molecule has 2 aromatic rings. The van der Waals surface area contributed by atoms with Gasteiger partial charge in [0.05, 0.1) is 5.69 Å². The Morgan fingerprint density at radius 1 is 1.36 bits per heavy atom. The van der Waals surface area contributed by atoms with E-state index in [1.54, 1.807) is 4.68 Å². The van der Waals surface area contributed by atoms with Crippen LogP contribution in [0.5, 0.6) is 0 Å². The molecule has 0 unspecified atom stereocenters. The highest BCUT2D eigenvalue weighted by Gasteiger charge is 2.02. The number of hydrogen-bond donors (Lipinski definition) is 0. The summed E-state index contributed by atoms with van der Waals surface area (Å²) in [7, 11) is 0. The fourth-order valence-electron chi connectivity index (χ4n) is 1.27. The van der Waals surface area contributed by atoms with Crippen molar-refractivity contribution in [1.29, 1.82) is 0 Å². The Kier molecular flexibility index (Phi) is 2.10. The van der Waals surface area contributed by atoms with Crippen molar-refractivity contribution in [3.63, 3.8) is 0 Å². The third kappa shape index (κ3) is 1.42. The van der Waals surface area contributed by atoms with Gasteiger partial charge in [0.15, 0.2) is 6.29 Å². The van der Waals surface area contributed by atoms with Crippen molar-refractivity contribution >= 4 is 6.29 Å². The van der Waals surface area contributed by atoms with Gasteiger partial charge in [-0.15, -0.1) is 5.10 Å². The van der Waals surface area contributed by atoms with Crippen LogP contribution in [0.15, 0.2) is 30.6 Å². The molecule has 0 saturated heterocycles. The summed E-state index contributed by atoms with van der Waals surface area (Å²) in [6.45, 7) is 1.98. The van der Waals surface area contributed by atoms with Gasteiger partial charge in [-0.2, -0.15) is 0 Å². The van der Waals surface area contributed by atoms with Crippen LogP contribution in [0.3, 0.4) is 0 Å². The molecule has 0 fully saturated rings. The summed E-state index contributed by atoms with van der Waals surface area (Å²) >= 11 is 0. The summed E-state index contributed by atoms with van der Waals surface area (Å²) in [5.41, 5.74) is 2.03. The van der Waals surface area contributed by atoms with Crippen molar-refractivity contribution in [3.05, 3.63) is 42.0 Å². The molecule has 1 aromatic heterocycles. The van der Waals surface area contributed by atoms with E-state index in [0.717, 1.165) is 11.3 Å². The highest BCUT2D eigenvalue weighted by atomic mass is 16.1. The smallest absolute Gasteiger partial charge is 0.214 e. The number of hydrogen-bond acceptors (Lipinski definition) is 3. The molecule has 0 atom stereocenters. The van der Waals surface area contributed by atoms with E-state index in [-0.39, 0.29) is 5.82 Å². The molecular formula is C10H9N3O. The van der Waals surface area contributed by atoms with E-state index in [1.807, 2.05) is 31.2 Å². The Hall–Kier alpha value is -1.97. The van der Waals surface area contributed by atoms with Crippen LogP contribution in [0.25, 0.3) is 5.69 Å². The molecule has 0 saturated carbocycles. The molecule has 0 aliphatic heterocycles. The van der Waals surface area contributed by atoms with Gasteiger partial charge < -0.3 is 0 Å². The van der Waals surface area contributed by atoms with Crippen LogP contribution in [0.4, 0.5) is 0 Å². The quantitative estimate of drug-likeness (QED) is 0.667. The zero-order valence-electron chi connectivity index (χ0n) is 7.71. The molecule has 2 rings (SSSR count). The molecule has 4 nitrogen and oxygen atoms in total. The van der Waals surface area contributed by atoms with Crippen LogP contribution in [-0.2, 0) is 0 Å². The molecular weight excluding hydrogens is 178 g/mol. The maximum atomic E-state index is 10.4. The molecule has 70 valence electrons. The molecule has 0 bridgehead atoms. The third-order valence-electron chi connectivity index (χ3n) is 1.98. The van der Waals surface area contributed by atoms with E-state index in [9.17, 15) is 4.79 Å². The minimum atomic E-state index is 0.202. The molecule has 14 heavy (non-hydrogen) atoms. The van der Waals surface area contributed by atoms with Crippen molar-refractivity contribution < 1.29 is 4.79 Å². The lowest BCUT2D eigenvalue weighted by atomic mass is 10.2. The van der Waals surface area contributed by atoms with Gasteiger partial charge >= 0.3 is 0 Å². The van der Waals surface area contributed by atoms with Crippen LogP contribution in [-0.4, -0.2) is 21.1 Å². The predicted octanol–water partition coefficient (Wildman–Crippen LogP) is 1.39. The lowest BCUT2D eigenvalue weighted by molar-refractivity contribution is 0.111. The lowest BCUT2D eigenvalue weighted by Crippen LogP contribution is -1.97. The third-order valence-corrected chi connectivity index (χ3v) is 1.98. The van der Waals surface area contributed by atoms with Crippen molar-refractivity contribution in [2.24, 2.45) is 0 Å². The first-order chi connectivity index (χ1) is 6.81.